The van der Waals surface area contributed by atoms with E-state index in [2.05, 4.69) is 46.4 Å². The number of carbonyl (C=O) groups is 1. The van der Waals surface area contributed by atoms with Gasteiger partial charge in [0.1, 0.15) is 0 Å². The van der Waals surface area contributed by atoms with Crippen molar-refractivity contribution in [2.45, 2.75) is 13.3 Å². The number of hydrogen-bond acceptors (Lipinski definition) is 2. The van der Waals surface area contributed by atoms with Gasteiger partial charge in [0.25, 0.3) is 0 Å². The van der Waals surface area contributed by atoms with E-state index in [-0.39, 0.29) is 0 Å². The molecule has 0 amide bonds. The standard InChI is InChI=1S/C28H21ClN2O2/c1-17-2-3-18(13-24(17)28(32)33)12-23-14-22-15-25(26(29)16-27(22)31-23)21-6-4-19(5-7-21)20-8-10-30-11-9-20/h2-11,13-16,31H,12H2,1H3,(H,32,33). The Kier molecular flexibility index (Phi) is 5.45. The average Bonchev–Trinajstić information content (AvgIpc) is 3.21. The minimum absolute atomic E-state index is 0.337. The Bertz CT molecular complexity index is 1470. The molecule has 4 nitrogen and oxygen atoms in total. The third-order valence-electron chi connectivity index (χ3n) is 5.90. The Labute approximate surface area is 196 Å². The van der Waals surface area contributed by atoms with Crippen LogP contribution in [0.25, 0.3) is 33.2 Å². The fourth-order valence-electron chi connectivity index (χ4n) is 4.15. The van der Waals surface area contributed by atoms with Crippen LogP contribution in [0.5, 0.6) is 0 Å². The van der Waals surface area contributed by atoms with Crippen LogP contribution in [0.4, 0.5) is 0 Å². The summed E-state index contributed by atoms with van der Waals surface area (Å²) in [5.74, 6) is -0.905. The van der Waals surface area contributed by atoms with Gasteiger partial charge in [0.2, 0.25) is 0 Å². The van der Waals surface area contributed by atoms with Crippen LogP contribution in [-0.4, -0.2) is 21.0 Å². The minimum atomic E-state index is -0.905. The van der Waals surface area contributed by atoms with Gasteiger partial charge in [0, 0.05) is 41.0 Å². The maximum atomic E-state index is 11.5. The highest BCUT2D eigenvalue weighted by Crippen LogP contribution is 2.34. The van der Waals surface area contributed by atoms with Crippen molar-refractivity contribution in [2.75, 3.05) is 0 Å². The number of halogens is 1. The van der Waals surface area contributed by atoms with E-state index in [4.69, 9.17) is 11.6 Å². The van der Waals surface area contributed by atoms with Crippen molar-refractivity contribution >= 4 is 28.5 Å². The van der Waals surface area contributed by atoms with E-state index >= 15 is 0 Å². The molecule has 3 aromatic carbocycles. The number of rotatable bonds is 5. The van der Waals surface area contributed by atoms with Gasteiger partial charge in [0.15, 0.2) is 0 Å². The number of pyridine rings is 1. The second-order valence-corrected chi connectivity index (χ2v) is 8.57. The number of carboxylic acids is 1. The molecular formula is C28H21ClN2O2. The van der Waals surface area contributed by atoms with Crippen LogP contribution in [0.2, 0.25) is 5.02 Å². The maximum Gasteiger partial charge on any atom is 0.335 e. The van der Waals surface area contributed by atoms with Crippen LogP contribution in [-0.2, 0) is 6.42 Å². The Hall–Kier alpha value is -3.89. The highest BCUT2D eigenvalue weighted by Gasteiger charge is 2.12. The molecule has 0 unspecified atom stereocenters. The zero-order chi connectivity index (χ0) is 22.9. The first kappa shape index (κ1) is 21.0. The van der Waals surface area contributed by atoms with Gasteiger partial charge >= 0.3 is 5.97 Å². The lowest BCUT2D eigenvalue weighted by molar-refractivity contribution is 0.0696. The number of aromatic amines is 1. The molecule has 0 radical (unpaired) electrons. The first-order valence-electron chi connectivity index (χ1n) is 10.6. The second kappa shape index (κ2) is 8.57. The zero-order valence-electron chi connectivity index (χ0n) is 18.0. The number of nitrogens with zero attached hydrogens (tertiary/aromatic N) is 1. The van der Waals surface area contributed by atoms with Gasteiger partial charge in [-0.05, 0) is 71.1 Å². The summed E-state index contributed by atoms with van der Waals surface area (Å²) in [5, 5.41) is 11.1. The highest BCUT2D eigenvalue weighted by molar-refractivity contribution is 6.34. The van der Waals surface area contributed by atoms with Crippen molar-refractivity contribution in [1.82, 2.24) is 9.97 Å². The summed E-state index contributed by atoms with van der Waals surface area (Å²) in [7, 11) is 0. The van der Waals surface area contributed by atoms with Gasteiger partial charge in [-0.2, -0.15) is 0 Å². The second-order valence-electron chi connectivity index (χ2n) is 8.16. The number of nitrogens with one attached hydrogen (secondary N) is 1. The van der Waals surface area contributed by atoms with Gasteiger partial charge in [-0.25, -0.2) is 4.79 Å². The molecule has 5 heteroatoms. The number of fused-ring (bicyclic) bond motifs is 1. The van der Waals surface area contributed by atoms with Crippen molar-refractivity contribution in [3.63, 3.8) is 0 Å². The molecule has 0 aliphatic heterocycles. The third kappa shape index (κ3) is 4.26. The average molecular weight is 453 g/mol. The first-order valence-corrected chi connectivity index (χ1v) is 11.0. The van der Waals surface area contributed by atoms with Crippen LogP contribution in [0.3, 0.4) is 0 Å². The third-order valence-corrected chi connectivity index (χ3v) is 6.21. The van der Waals surface area contributed by atoms with E-state index in [1.165, 1.54) is 0 Å². The molecule has 0 bridgehead atoms. The van der Waals surface area contributed by atoms with Gasteiger partial charge in [0.05, 0.1) is 10.6 Å². The Morgan fingerprint density at radius 1 is 0.909 bits per heavy atom. The summed E-state index contributed by atoms with van der Waals surface area (Å²) in [6, 6.07) is 24.0. The van der Waals surface area contributed by atoms with Crippen LogP contribution >= 0.6 is 11.6 Å². The Morgan fingerprint density at radius 3 is 2.33 bits per heavy atom. The molecule has 0 aliphatic carbocycles. The predicted molar refractivity (Wildman–Crippen MR) is 133 cm³/mol. The molecule has 0 saturated carbocycles. The molecule has 0 saturated heterocycles. The zero-order valence-corrected chi connectivity index (χ0v) is 18.7. The molecule has 162 valence electrons. The van der Waals surface area contributed by atoms with E-state index in [0.717, 1.165) is 50.0 Å². The summed E-state index contributed by atoms with van der Waals surface area (Å²) in [6.07, 6.45) is 4.19. The van der Waals surface area contributed by atoms with Crippen molar-refractivity contribution in [3.05, 3.63) is 113 Å². The number of aromatic carboxylic acids is 1. The first-order chi connectivity index (χ1) is 16.0. The number of benzene rings is 3. The number of hydrogen-bond donors (Lipinski definition) is 2. The fourth-order valence-corrected chi connectivity index (χ4v) is 4.42. The van der Waals surface area contributed by atoms with Crippen molar-refractivity contribution in [2.24, 2.45) is 0 Å². The lowest BCUT2D eigenvalue weighted by Gasteiger charge is -2.07. The van der Waals surface area contributed by atoms with Crippen molar-refractivity contribution in [1.29, 1.82) is 0 Å². The summed E-state index contributed by atoms with van der Waals surface area (Å²) in [5.41, 5.74) is 8.27. The van der Waals surface area contributed by atoms with Crippen molar-refractivity contribution in [3.8, 4) is 22.3 Å². The molecule has 0 aliphatic rings. The van der Waals surface area contributed by atoms with Gasteiger partial charge in [-0.15, -0.1) is 0 Å². The van der Waals surface area contributed by atoms with Crippen LogP contribution in [0, 0.1) is 6.92 Å². The fraction of sp³-hybridized carbons (Fsp3) is 0.0714. The largest absolute Gasteiger partial charge is 0.478 e. The van der Waals surface area contributed by atoms with Crippen LogP contribution in [0.15, 0.2) is 85.2 Å². The molecular weight excluding hydrogens is 432 g/mol. The smallest absolute Gasteiger partial charge is 0.335 e. The maximum absolute atomic E-state index is 11.5. The molecule has 0 fully saturated rings. The van der Waals surface area contributed by atoms with Crippen LogP contribution in [0.1, 0.15) is 27.2 Å². The Balaban J connectivity index is 1.45. The normalized spacial score (nSPS) is 11.1. The topological polar surface area (TPSA) is 66.0 Å². The van der Waals surface area contributed by atoms with E-state index in [0.29, 0.717) is 17.0 Å². The number of H-pyrrole nitrogens is 1. The lowest BCUT2D eigenvalue weighted by Crippen LogP contribution is -2.01. The summed E-state index contributed by atoms with van der Waals surface area (Å²) in [4.78, 5) is 18.9. The molecule has 2 heterocycles. The number of aryl methyl sites for hydroxylation is 1. The lowest BCUT2D eigenvalue weighted by atomic mass is 10.00. The number of carboxylic acid groups (broad SMARTS) is 1. The van der Waals surface area contributed by atoms with E-state index < -0.39 is 5.97 Å². The Morgan fingerprint density at radius 2 is 1.61 bits per heavy atom. The van der Waals surface area contributed by atoms with Gasteiger partial charge in [-0.1, -0.05) is 48.0 Å². The van der Waals surface area contributed by atoms with Crippen molar-refractivity contribution < 1.29 is 9.90 Å². The molecule has 5 aromatic rings. The molecule has 2 aromatic heterocycles. The van der Waals surface area contributed by atoms with Gasteiger partial charge in [-0.3, -0.25) is 4.98 Å². The SMILES string of the molecule is Cc1ccc(Cc2cc3cc(-c4ccc(-c5ccncc5)cc4)c(Cl)cc3[nH]2)cc1C(=O)O. The highest BCUT2D eigenvalue weighted by atomic mass is 35.5. The minimum Gasteiger partial charge on any atom is -0.478 e. The molecule has 0 spiro atoms. The van der Waals surface area contributed by atoms with Crippen LogP contribution < -0.4 is 0 Å². The predicted octanol–water partition coefficient (Wildman–Crippen LogP) is 7.15. The van der Waals surface area contributed by atoms with E-state index in [1.807, 2.05) is 37.3 Å². The molecule has 33 heavy (non-hydrogen) atoms. The monoisotopic (exact) mass is 452 g/mol. The van der Waals surface area contributed by atoms with E-state index in [9.17, 15) is 9.90 Å². The molecule has 0 atom stereocenters. The summed E-state index contributed by atoms with van der Waals surface area (Å²) >= 11 is 6.64. The number of aromatic nitrogens is 2. The summed E-state index contributed by atoms with van der Waals surface area (Å²) < 4.78 is 0. The quantitative estimate of drug-likeness (QED) is 0.297. The molecule has 2 N–H and O–H groups in total. The van der Waals surface area contributed by atoms with Gasteiger partial charge < -0.3 is 10.1 Å². The van der Waals surface area contributed by atoms with E-state index in [1.54, 1.807) is 18.5 Å². The summed E-state index contributed by atoms with van der Waals surface area (Å²) in [6.45, 7) is 1.81. The molecule has 5 rings (SSSR count).